The van der Waals surface area contributed by atoms with Crippen LogP contribution < -0.4 is 0 Å². The first kappa shape index (κ1) is 21.4. The summed E-state index contributed by atoms with van der Waals surface area (Å²) in [5.41, 5.74) is -2.32. The summed E-state index contributed by atoms with van der Waals surface area (Å²) in [4.78, 5) is 8.80. The van der Waals surface area contributed by atoms with Crippen molar-refractivity contribution in [3.05, 3.63) is 33.9 Å². The van der Waals surface area contributed by atoms with Crippen LogP contribution in [0.4, 0.5) is 18.9 Å². The predicted molar refractivity (Wildman–Crippen MR) is 86.7 cm³/mol. The van der Waals surface area contributed by atoms with Gasteiger partial charge in [0.1, 0.15) is 0 Å². The monoisotopic (exact) mass is 382 g/mol. The fourth-order valence-electron chi connectivity index (χ4n) is 2.24. The number of nitro groups is 1. The number of hydrogen-bond donors (Lipinski definition) is 0. The number of halogens is 3. The summed E-state index contributed by atoms with van der Waals surface area (Å²) in [5, 5.41) is 10.7. The van der Waals surface area contributed by atoms with E-state index in [9.17, 15) is 31.7 Å². The molecule has 6 nitrogen and oxygen atoms in total. The quantitative estimate of drug-likeness (QED) is 0.473. The molecule has 1 rings (SSSR count). The summed E-state index contributed by atoms with van der Waals surface area (Å²) < 4.78 is 66.4. The van der Waals surface area contributed by atoms with Gasteiger partial charge in [-0.3, -0.25) is 10.1 Å². The molecule has 1 aromatic carbocycles. The van der Waals surface area contributed by atoms with Crippen molar-refractivity contribution in [1.29, 1.82) is 0 Å². The predicted octanol–water partition coefficient (Wildman–Crippen LogP) is 4.20. The molecule has 0 heterocycles. The molecule has 0 fully saturated rings. The number of unbranched alkanes of at least 4 members (excludes halogenated alkanes) is 2. The summed E-state index contributed by atoms with van der Waals surface area (Å²) >= 11 is 0. The molecule has 25 heavy (non-hydrogen) atoms. The molecular weight excluding hydrogens is 361 g/mol. The molecule has 0 amide bonds. The van der Waals surface area contributed by atoms with Crippen molar-refractivity contribution in [2.75, 3.05) is 13.1 Å². The molecule has 142 valence electrons. The van der Waals surface area contributed by atoms with Crippen LogP contribution in [-0.4, -0.2) is 30.7 Å². The van der Waals surface area contributed by atoms with Gasteiger partial charge in [-0.05, 0) is 18.9 Å². The van der Waals surface area contributed by atoms with Gasteiger partial charge >= 0.3 is 6.18 Å². The molecular formula is C15H21F3N2O4S. The van der Waals surface area contributed by atoms with Gasteiger partial charge in [0.05, 0.1) is 15.4 Å². The van der Waals surface area contributed by atoms with Crippen LogP contribution in [0.25, 0.3) is 0 Å². The van der Waals surface area contributed by atoms with Crippen LogP contribution >= 0.6 is 0 Å². The first-order valence-electron chi connectivity index (χ1n) is 7.91. The molecule has 0 bridgehead atoms. The zero-order valence-corrected chi connectivity index (χ0v) is 14.9. The smallest absolute Gasteiger partial charge is 0.258 e. The normalized spacial score (nSPS) is 12.6. The molecule has 0 spiro atoms. The van der Waals surface area contributed by atoms with E-state index in [1.54, 1.807) is 0 Å². The minimum Gasteiger partial charge on any atom is -0.258 e. The first-order chi connectivity index (χ1) is 11.6. The molecule has 0 unspecified atom stereocenters. The van der Waals surface area contributed by atoms with Crippen molar-refractivity contribution < 1.29 is 26.5 Å². The maximum absolute atomic E-state index is 13.3. The molecule has 0 aliphatic heterocycles. The summed E-state index contributed by atoms with van der Waals surface area (Å²) in [6.45, 7) is 3.90. The van der Waals surface area contributed by atoms with E-state index in [-0.39, 0.29) is 19.2 Å². The summed E-state index contributed by atoms with van der Waals surface area (Å²) in [5.74, 6) is 0. The van der Waals surface area contributed by atoms with E-state index in [4.69, 9.17) is 0 Å². The number of benzene rings is 1. The Morgan fingerprint density at radius 2 is 1.64 bits per heavy atom. The molecule has 0 saturated heterocycles. The number of sulfonamides is 1. The van der Waals surface area contributed by atoms with Crippen molar-refractivity contribution in [3.8, 4) is 0 Å². The van der Waals surface area contributed by atoms with Gasteiger partial charge in [0.2, 0.25) is 10.0 Å². The number of rotatable bonds is 9. The molecule has 0 saturated carbocycles. The highest BCUT2D eigenvalue weighted by Crippen LogP contribution is 2.37. The SMILES string of the molecule is CCCCN(CCCC)S(=O)(=O)c1ccc([N+](=O)[O-])cc1C(F)(F)F. The van der Waals surface area contributed by atoms with E-state index in [1.807, 2.05) is 13.8 Å². The molecule has 0 aliphatic carbocycles. The van der Waals surface area contributed by atoms with Crippen LogP contribution in [0, 0.1) is 10.1 Å². The highest BCUT2D eigenvalue weighted by atomic mass is 32.2. The van der Waals surface area contributed by atoms with Gasteiger partial charge in [0, 0.05) is 25.2 Å². The van der Waals surface area contributed by atoms with Gasteiger partial charge in [-0.2, -0.15) is 17.5 Å². The third kappa shape index (κ3) is 5.40. The fraction of sp³-hybridized carbons (Fsp3) is 0.600. The first-order valence-corrected chi connectivity index (χ1v) is 9.35. The second kappa shape index (κ2) is 8.61. The highest BCUT2D eigenvalue weighted by Gasteiger charge is 2.40. The van der Waals surface area contributed by atoms with Crippen molar-refractivity contribution in [3.63, 3.8) is 0 Å². The summed E-state index contributed by atoms with van der Waals surface area (Å²) in [6, 6.07) is 1.71. The van der Waals surface area contributed by atoms with Crippen LogP contribution in [-0.2, 0) is 16.2 Å². The average molecular weight is 382 g/mol. The van der Waals surface area contributed by atoms with Crippen LogP contribution in [0.1, 0.15) is 45.1 Å². The maximum Gasteiger partial charge on any atom is 0.417 e. The van der Waals surface area contributed by atoms with Gasteiger partial charge < -0.3 is 0 Å². The van der Waals surface area contributed by atoms with Gasteiger partial charge in [0.25, 0.3) is 5.69 Å². The van der Waals surface area contributed by atoms with Crippen LogP contribution in [0.5, 0.6) is 0 Å². The maximum atomic E-state index is 13.3. The Morgan fingerprint density at radius 3 is 2.04 bits per heavy atom. The van der Waals surface area contributed by atoms with Gasteiger partial charge in [0.15, 0.2) is 0 Å². The van der Waals surface area contributed by atoms with Crippen LogP contribution in [0.15, 0.2) is 23.1 Å². The number of alkyl halides is 3. The van der Waals surface area contributed by atoms with Gasteiger partial charge in [-0.25, -0.2) is 8.42 Å². The van der Waals surface area contributed by atoms with E-state index in [2.05, 4.69) is 0 Å². The van der Waals surface area contributed by atoms with Gasteiger partial charge in [-0.15, -0.1) is 0 Å². The van der Waals surface area contributed by atoms with Crippen molar-refractivity contribution in [1.82, 2.24) is 4.31 Å². The van der Waals surface area contributed by atoms with Crippen LogP contribution in [0.3, 0.4) is 0 Å². The van der Waals surface area contributed by atoms with E-state index in [0.29, 0.717) is 31.7 Å². The van der Waals surface area contributed by atoms with Crippen LogP contribution in [0.2, 0.25) is 0 Å². The lowest BCUT2D eigenvalue weighted by atomic mass is 10.2. The summed E-state index contributed by atoms with van der Waals surface area (Å²) in [6.07, 6.45) is -2.63. The fourth-order valence-corrected chi connectivity index (χ4v) is 3.95. The standard InChI is InChI=1S/C15H21F3N2O4S/c1-3-5-9-19(10-6-4-2)25(23,24)14-8-7-12(20(21)22)11-13(14)15(16,17)18/h7-8,11H,3-6,9-10H2,1-2H3. The lowest BCUT2D eigenvalue weighted by Gasteiger charge is -2.23. The second-order valence-electron chi connectivity index (χ2n) is 5.55. The molecule has 0 atom stereocenters. The Kier molecular flexibility index (Phi) is 7.36. The Labute approximate surface area is 144 Å². The largest absolute Gasteiger partial charge is 0.417 e. The number of nitro benzene ring substituents is 1. The van der Waals surface area contributed by atoms with Crippen molar-refractivity contribution >= 4 is 15.7 Å². The minimum atomic E-state index is -5.02. The number of nitrogens with zero attached hydrogens (tertiary/aromatic N) is 2. The van der Waals surface area contributed by atoms with Crippen molar-refractivity contribution in [2.45, 2.75) is 50.6 Å². The zero-order chi connectivity index (χ0) is 19.3. The second-order valence-corrected chi connectivity index (χ2v) is 7.45. The molecule has 10 heteroatoms. The van der Waals surface area contributed by atoms with E-state index in [0.717, 1.165) is 10.4 Å². The zero-order valence-electron chi connectivity index (χ0n) is 14.0. The Hall–Kier alpha value is -1.68. The van der Waals surface area contributed by atoms with E-state index >= 15 is 0 Å². The van der Waals surface area contributed by atoms with E-state index < -0.39 is 37.3 Å². The molecule has 0 aliphatic rings. The highest BCUT2D eigenvalue weighted by molar-refractivity contribution is 7.89. The summed E-state index contributed by atoms with van der Waals surface area (Å²) in [7, 11) is -4.41. The third-order valence-electron chi connectivity index (χ3n) is 3.62. The third-order valence-corrected chi connectivity index (χ3v) is 5.58. The lowest BCUT2D eigenvalue weighted by molar-refractivity contribution is -0.385. The molecule has 1 aromatic rings. The molecule has 0 radical (unpaired) electrons. The minimum absolute atomic E-state index is 0.104. The molecule has 0 N–H and O–H groups in total. The molecule has 0 aromatic heterocycles. The van der Waals surface area contributed by atoms with E-state index in [1.165, 1.54) is 0 Å². The topological polar surface area (TPSA) is 80.5 Å². The number of non-ortho nitro benzene ring substituents is 1. The number of hydrogen-bond acceptors (Lipinski definition) is 4. The van der Waals surface area contributed by atoms with Crippen molar-refractivity contribution in [2.24, 2.45) is 0 Å². The average Bonchev–Trinajstić information content (AvgIpc) is 2.53. The lowest BCUT2D eigenvalue weighted by Crippen LogP contribution is -2.34. The van der Waals surface area contributed by atoms with Gasteiger partial charge in [-0.1, -0.05) is 26.7 Å². The Bertz CT molecular complexity index is 697. The Balaban J connectivity index is 3.45. The Morgan fingerprint density at radius 1 is 1.12 bits per heavy atom.